The van der Waals surface area contributed by atoms with Gasteiger partial charge in [0.25, 0.3) is 5.91 Å². The summed E-state index contributed by atoms with van der Waals surface area (Å²) in [5, 5.41) is 11.7. The van der Waals surface area contributed by atoms with E-state index in [0.29, 0.717) is 11.4 Å². The number of benzene rings is 1. The molecule has 0 aliphatic rings. The van der Waals surface area contributed by atoms with Crippen LogP contribution >= 0.6 is 0 Å². The number of ether oxygens (including phenoxy) is 1. The standard InChI is InChI=1S/C12H13N3O2/c1-8(11(7-13)12(14)16)15-9-4-3-5-10(6-9)17-2/h3-6,15H,1-2H3,(H2,14,16)/b11-8+. The Hall–Kier alpha value is -2.48. The third-order valence-electron chi connectivity index (χ3n) is 2.13. The average molecular weight is 231 g/mol. The summed E-state index contributed by atoms with van der Waals surface area (Å²) in [7, 11) is 1.56. The van der Waals surface area contributed by atoms with Crippen LogP contribution in [0.1, 0.15) is 6.92 Å². The van der Waals surface area contributed by atoms with E-state index in [-0.39, 0.29) is 5.57 Å². The van der Waals surface area contributed by atoms with Crippen molar-refractivity contribution in [2.24, 2.45) is 5.73 Å². The minimum Gasteiger partial charge on any atom is -0.497 e. The Kier molecular flexibility index (Phi) is 4.12. The zero-order valence-electron chi connectivity index (χ0n) is 9.65. The summed E-state index contributed by atoms with van der Waals surface area (Å²) in [6, 6.07) is 8.90. The molecule has 5 heteroatoms. The lowest BCUT2D eigenvalue weighted by atomic mass is 10.2. The molecule has 0 unspecified atom stereocenters. The topological polar surface area (TPSA) is 88.1 Å². The molecule has 0 saturated carbocycles. The second-order valence-corrected chi connectivity index (χ2v) is 3.33. The number of nitrogens with two attached hydrogens (primary N) is 1. The van der Waals surface area contributed by atoms with Crippen molar-refractivity contribution in [3.05, 3.63) is 35.5 Å². The number of carbonyl (C=O) groups excluding carboxylic acids is 1. The number of amides is 1. The van der Waals surface area contributed by atoms with Gasteiger partial charge in [0, 0.05) is 17.5 Å². The Bertz CT molecular complexity index is 501. The molecule has 0 aliphatic heterocycles. The third-order valence-corrected chi connectivity index (χ3v) is 2.13. The minimum atomic E-state index is -0.750. The number of carbonyl (C=O) groups is 1. The highest BCUT2D eigenvalue weighted by Crippen LogP contribution is 2.18. The minimum absolute atomic E-state index is 0.0900. The predicted octanol–water partition coefficient (Wildman–Crippen LogP) is 1.39. The number of methoxy groups -OCH3 is 1. The number of nitrogens with zero attached hydrogens (tertiary/aromatic N) is 1. The Morgan fingerprint density at radius 3 is 2.76 bits per heavy atom. The van der Waals surface area contributed by atoms with E-state index in [0.717, 1.165) is 5.69 Å². The Morgan fingerprint density at radius 2 is 2.24 bits per heavy atom. The van der Waals surface area contributed by atoms with E-state index in [1.807, 2.05) is 0 Å². The molecule has 5 nitrogen and oxygen atoms in total. The van der Waals surface area contributed by atoms with Crippen LogP contribution in [-0.4, -0.2) is 13.0 Å². The first-order chi connectivity index (χ1) is 8.08. The van der Waals surface area contributed by atoms with Crippen LogP contribution in [0.3, 0.4) is 0 Å². The van der Waals surface area contributed by atoms with Gasteiger partial charge in [-0.2, -0.15) is 5.26 Å². The molecule has 0 heterocycles. The quantitative estimate of drug-likeness (QED) is 0.605. The van der Waals surface area contributed by atoms with Crippen LogP contribution in [0.25, 0.3) is 0 Å². The zero-order chi connectivity index (χ0) is 12.8. The third kappa shape index (κ3) is 3.24. The molecule has 1 rings (SSSR count). The molecule has 0 aliphatic carbocycles. The Morgan fingerprint density at radius 1 is 1.53 bits per heavy atom. The molecule has 0 aromatic heterocycles. The maximum Gasteiger partial charge on any atom is 0.261 e. The van der Waals surface area contributed by atoms with Gasteiger partial charge in [-0.3, -0.25) is 4.79 Å². The summed E-state index contributed by atoms with van der Waals surface area (Å²) in [6.07, 6.45) is 0. The molecule has 0 radical (unpaired) electrons. The van der Waals surface area contributed by atoms with E-state index in [4.69, 9.17) is 15.7 Å². The van der Waals surface area contributed by atoms with Crippen LogP contribution in [0.2, 0.25) is 0 Å². The second-order valence-electron chi connectivity index (χ2n) is 3.33. The molecule has 0 fully saturated rings. The largest absolute Gasteiger partial charge is 0.497 e. The fraction of sp³-hybridized carbons (Fsp3) is 0.167. The van der Waals surface area contributed by atoms with Crippen LogP contribution in [0.5, 0.6) is 5.75 Å². The van der Waals surface area contributed by atoms with Gasteiger partial charge < -0.3 is 15.8 Å². The predicted molar refractivity (Wildman–Crippen MR) is 64.1 cm³/mol. The summed E-state index contributed by atoms with van der Waals surface area (Å²) >= 11 is 0. The van der Waals surface area contributed by atoms with Crippen molar-refractivity contribution in [1.82, 2.24) is 0 Å². The summed E-state index contributed by atoms with van der Waals surface area (Å²) in [5.74, 6) is -0.0687. The molecule has 0 saturated heterocycles. The smallest absolute Gasteiger partial charge is 0.261 e. The summed E-state index contributed by atoms with van der Waals surface area (Å²) < 4.78 is 5.06. The van der Waals surface area contributed by atoms with Crippen LogP contribution in [0.15, 0.2) is 35.5 Å². The Balaban J connectivity index is 2.98. The molecule has 0 spiro atoms. The van der Waals surface area contributed by atoms with Crippen LogP contribution in [-0.2, 0) is 4.79 Å². The molecular weight excluding hydrogens is 218 g/mol. The highest BCUT2D eigenvalue weighted by molar-refractivity contribution is 5.97. The van der Waals surface area contributed by atoms with E-state index in [2.05, 4.69) is 5.32 Å². The molecule has 1 aromatic carbocycles. The van der Waals surface area contributed by atoms with Crippen molar-refractivity contribution in [3.63, 3.8) is 0 Å². The number of nitriles is 1. The SMILES string of the molecule is COc1cccc(N/C(C)=C(\C#N)C(N)=O)c1. The Labute approximate surface area is 99.5 Å². The number of primary amides is 1. The lowest BCUT2D eigenvalue weighted by Gasteiger charge is -2.09. The summed E-state index contributed by atoms with van der Waals surface area (Å²) in [6.45, 7) is 1.61. The van der Waals surface area contributed by atoms with Gasteiger partial charge in [-0.15, -0.1) is 0 Å². The van der Waals surface area contributed by atoms with Gasteiger partial charge in [0.1, 0.15) is 17.4 Å². The number of hydrogen-bond acceptors (Lipinski definition) is 4. The lowest BCUT2D eigenvalue weighted by molar-refractivity contribution is -0.114. The fourth-order valence-corrected chi connectivity index (χ4v) is 1.30. The first kappa shape index (κ1) is 12.6. The van der Waals surface area contributed by atoms with Crippen molar-refractivity contribution in [3.8, 4) is 11.8 Å². The molecule has 1 aromatic rings. The van der Waals surface area contributed by atoms with Crippen molar-refractivity contribution in [2.75, 3.05) is 12.4 Å². The molecule has 1 amide bonds. The first-order valence-corrected chi connectivity index (χ1v) is 4.90. The average Bonchev–Trinajstić information content (AvgIpc) is 2.29. The van der Waals surface area contributed by atoms with Gasteiger partial charge in [0.2, 0.25) is 0 Å². The second kappa shape index (κ2) is 5.56. The van der Waals surface area contributed by atoms with E-state index in [9.17, 15) is 4.79 Å². The molecule has 3 N–H and O–H groups in total. The number of rotatable bonds is 4. The number of nitrogens with one attached hydrogen (secondary N) is 1. The van der Waals surface area contributed by atoms with Crippen LogP contribution in [0, 0.1) is 11.3 Å². The molecule has 17 heavy (non-hydrogen) atoms. The molecular formula is C12H13N3O2. The van der Waals surface area contributed by atoms with Crippen molar-refractivity contribution in [1.29, 1.82) is 5.26 Å². The monoisotopic (exact) mass is 231 g/mol. The van der Waals surface area contributed by atoms with Gasteiger partial charge in [-0.05, 0) is 19.1 Å². The van der Waals surface area contributed by atoms with E-state index in [1.165, 1.54) is 0 Å². The van der Waals surface area contributed by atoms with Gasteiger partial charge >= 0.3 is 0 Å². The number of allylic oxidation sites excluding steroid dienone is 1. The van der Waals surface area contributed by atoms with Crippen molar-refractivity contribution >= 4 is 11.6 Å². The van der Waals surface area contributed by atoms with Gasteiger partial charge in [-0.1, -0.05) is 6.07 Å². The summed E-state index contributed by atoms with van der Waals surface area (Å²) in [5.41, 5.74) is 6.11. The normalized spacial score (nSPS) is 11.1. The van der Waals surface area contributed by atoms with Gasteiger partial charge in [0.05, 0.1) is 7.11 Å². The number of hydrogen-bond donors (Lipinski definition) is 2. The van der Waals surface area contributed by atoms with E-state index < -0.39 is 5.91 Å². The van der Waals surface area contributed by atoms with E-state index >= 15 is 0 Å². The van der Waals surface area contributed by atoms with Gasteiger partial charge in [-0.25, -0.2) is 0 Å². The lowest BCUT2D eigenvalue weighted by Crippen LogP contribution is -2.16. The maximum absolute atomic E-state index is 11.0. The van der Waals surface area contributed by atoms with Gasteiger partial charge in [0.15, 0.2) is 0 Å². The van der Waals surface area contributed by atoms with Crippen molar-refractivity contribution in [2.45, 2.75) is 6.92 Å². The highest BCUT2D eigenvalue weighted by atomic mass is 16.5. The fourth-order valence-electron chi connectivity index (χ4n) is 1.30. The zero-order valence-corrected chi connectivity index (χ0v) is 9.65. The first-order valence-electron chi connectivity index (χ1n) is 4.90. The van der Waals surface area contributed by atoms with Crippen molar-refractivity contribution < 1.29 is 9.53 Å². The molecule has 0 bridgehead atoms. The maximum atomic E-state index is 11.0. The number of anilines is 1. The van der Waals surface area contributed by atoms with E-state index in [1.54, 1.807) is 44.4 Å². The summed E-state index contributed by atoms with van der Waals surface area (Å²) in [4.78, 5) is 11.0. The highest BCUT2D eigenvalue weighted by Gasteiger charge is 2.08. The van der Waals surface area contributed by atoms with Crippen LogP contribution < -0.4 is 15.8 Å². The molecule has 88 valence electrons. The van der Waals surface area contributed by atoms with Crippen LogP contribution in [0.4, 0.5) is 5.69 Å². The molecule has 0 atom stereocenters.